The van der Waals surface area contributed by atoms with E-state index in [4.69, 9.17) is 4.74 Å². The molecule has 2 aliphatic rings. The lowest BCUT2D eigenvalue weighted by molar-refractivity contribution is -0.121. The molecule has 2 aromatic rings. The highest BCUT2D eigenvalue weighted by molar-refractivity contribution is 5.99. The summed E-state index contributed by atoms with van der Waals surface area (Å²) >= 11 is 0. The average molecular weight is 394 g/mol. The van der Waals surface area contributed by atoms with Crippen LogP contribution in [-0.2, 0) is 17.6 Å². The Bertz CT molecular complexity index is 887. The fourth-order valence-corrected chi connectivity index (χ4v) is 4.16. The number of carbonyl (C=O) groups is 2. The lowest BCUT2D eigenvalue weighted by atomic mass is 10.0. The molecule has 0 radical (unpaired) electrons. The number of carbonyl (C=O) groups excluding carboxylic acids is 2. The second kappa shape index (κ2) is 8.51. The van der Waals surface area contributed by atoms with Gasteiger partial charge in [-0.2, -0.15) is 0 Å². The molecule has 0 spiro atoms. The van der Waals surface area contributed by atoms with Gasteiger partial charge in [-0.3, -0.25) is 9.78 Å². The molecule has 0 bridgehead atoms. The van der Waals surface area contributed by atoms with Crippen LogP contribution in [0.4, 0.5) is 10.5 Å². The molecule has 152 valence electrons. The molecule has 3 amide bonds. The maximum atomic E-state index is 12.9. The number of ether oxygens (including phenoxy) is 1. The molecule has 0 saturated carbocycles. The largest absolute Gasteiger partial charge is 0.496 e. The number of benzene rings is 1. The van der Waals surface area contributed by atoms with E-state index >= 15 is 0 Å². The Labute approximate surface area is 170 Å². The molecule has 7 heteroatoms. The van der Waals surface area contributed by atoms with Crippen molar-refractivity contribution in [3.8, 4) is 5.75 Å². The molecule has 4 rings (SSSR count). The third-order valence-corrected chi connectivity index (χ3v) is 5.71. The number of pyridine rings is 1. The molecule has 1 unspecified atom stereocenters. The maximum absolute atomic E-state index is 12.9. The minimum absolute atomic E-state index is 0.0719. The van der Waals surface area contributed by atoms with Gasteiger partial charge in [-0.05, 0) is 55.0 Å². The normalized spacial score (nSPS) is 19.3. The van der Waals surface area contributed by atoms with Gasteiger partial charge in [0.25, 0.3) is 0 Å². The Morgan fingerprint density at radius 2 is 2.03 bits per heavy atom. The van der Waals surface area contributed by atoms with Gasteiger partial charge in [0.1, 0.15) is 11.8 Å². The maximum Gasteiger partial charge on any atom is 0.318 e. The van der Waals surface area contributed by atoms with E-state index in [1.165, 1.54) is 11.1 Å². The van der Waals surface area contributed by atoms with Gasteiger partial charge in [0, 0.05) is 25.8 Å². The molecule has 2 aliphatic heterocycles. The quantitative estimate of drug-likeness (QED) is 0.868. The second-order valence-corrected chi connectivity index (χ2v) is 7.43. The van der Waals surface area contributed by atoms with Crippen LogP contribution in [0.15, 0.2) is 42.7 Å². The highest BCUT2D eigenvalue weighted by Crippen LogP contribution is 2.26. The van der Waals surface area contributed by atoms with E-state index in [1.54, 1.807) is 29.3 Å². The van der Waals surface area contributed by atoms with Crippen LogP contribution < -0.4 is 15.0 Å². The van der Waals surface area contributed by atoms with Crippen molar-refractivity contribution in [1.82, 2.24) is 15.2 Å². The lowest BCUT2D eigenvalue weighted by Gasteiger charge is -2.33. The number of anilines is 1. The first-order chi connectivity index (χ1) is 14.2. The molecule has 7 nitrogen and oxygen atoms in total. The minimum atomic E-state index is -0.503. The highest BCUT2D eigenvalue weighted by atomic mass is 16.5. The van der Waals surface area contributed by atoms with E-state index in [2.05, 4.69) is 16.4 Å². The molecule has 1 N–H and O–H groups in total. The highest BCUT2D eigenvalue weighted by Gasteiger charge is 2.32. The number of urea groups is 1. The Morgan fingerprint density at radius 3 is 2.83 bits per heavy atom. The van der Waals surface area contributed by atoms with Gasteiger partial charge < -0.3 is 19.9 Å². The van der Waals surface area contributed by atoms with Crippen LogP contribution in [0, 0.1) is 0 Å². The van der Waals surface area contributed by atoms with Crippen molar-refractivity contribution in [3.05, 3.63) is 53.9 Å². The van der Waals surface area contributed by atoms with Crippen LogP contribution in [0.25, 0.3) is 0 Å². The Morgan fingerprint density at radius 1 is 1.17 bits per heavy atom. The summed E-state index contributed by atoms with van der Waals surface area (Å²) in [7, 11) is 1.67. The molecule has 1 fully saturated rings. The molecule has 3 heterocycles. The molecule has 29 heavy (non-hydrogen) atoms. The van der Waals surface area contributed by atoms with Crippen molar-refractivity contribution in [2.24, 2.45) is 0 Å². The number of nitrogens with one attached hydrogen (secondary N) is 1. The molecule has 1 saturated heterocycles. The van der Waals surface area contributed by atoms with Gasteiger partial charge in [0.15, 0.2) is 0 Å². The van der Waals surface area contributed by atoms with Crippen molar-refractivity contribution in [1.29, 1.82) is 0 Å². The summed E-state index contributed by atoms with van der Waals surface area (Å²) in [5.41, 5.74) is 3.16. The fraction of sp³-hybridized carbons (Fsp3) is 0.409. The van der Waals surface area contributed by atoms with E-state index in [0.717, 1.165) is 30.7 Å². The monoisotopic (exact) mass is 394 g/mol. The summed E-state index contributed by atoms with van der Waals surface area (Å²) < 4.78 is 5.48. The number of nitrogens with zero attached hydrogens (tertiary/aromatic N) is 3. The third kappa shape index (κ3) is 4.04. The average Bonchev–Trinajstić information content (AvgIpc) is 2.98. The predicted octanol–water partition coefficient (Wildman–Crippen LogP) is 2.40. The van der Waals surface area contributed by atoms with Crippen molar-refractivity contribution in [2.75, 3.05) is 31.6 Å². The molecular weight excluding hydrogens is 368 g/mol. The van der Waals surface area contributed by atoms with Crippen LogP contribution >= 0.6 is 0 Å². The molecule has 1 aromatic carbocycles. The summed E-state index contributed by atoms with van der Waals surface area (Å²) in [5.74, 6) is 0.803. The van der Waals surface area contributed by atoms with Crippen LogP contribution in [0.1, 0.15) is 24.0 Å². The number of amides is 3. The lowest BCUT2D eigenvalue weighted by Crippen LogP contribution is -2.55. The van der Waals surface area contributed by atoms with Crippen molar-refractivity contribution < 1.29 is 14.3 Å². The molecule has 0 aliphatic carbocycles. The summed E-state index contributed by atoms with van der Waals surface area (Å²) in [5, 5.41) is 2.97. The molecular formula is C22H26N4O3. The van der Waals surface area contributed by atoms with Crippen LogP contribution in [-0.4, -0.2) is 54.6 Å². The standard InChI is InChI=1S/C22H26N4O3/c1-29-20-8-2-5-16-9-13-25(14-10-18(16)20)22(28)24-19-7-4-12-26(21(19)27)17-6-3-11-23-15-17/h2-3,5-6,8,11,15,19H,4,7,9-10,12-14H2,1H3,(H,24,28). The van der Waals surface area contributed by atoms with Gasteiger partial charge in [0.2, 0.25) is 5.91 Å². The smallest absolute Gasteiger partial charge is 0.318 e. The fourth-order valence-electron chi connectivity index (χ4n) is 4.16. The number of aromatic nitrogens is 1. The molecule has 1 aromatic heterocycles. The van der Waals surface area contributed by atoms with Crippen LogP contribution in [0.5, 0.6) is 5.75 Å². The topological polar surface area (TPSA) is 74.8 Å². The first-order valence-corrected chi connectivity index (χ1v) is 10.1. The van der Waals surface area contributed by atoms with Gasteiger partial charge in [-0.15, -0.1) is 0 Å². The second-order valence-electron chi connectivity index (χ2n) is 7.43. The number of piperidine rings is 1. The van der Waals surface area contributed by atoms with Crippen LogP contribution in [0.3, 0.4) is 0 Å². The zero-order valence-corrected chi connectivity index (χ0v) is 16.6. The first kappa shape index (κ1) is 19.2. The number of hydrogen-bond donors (Lipinski definition) is 1. The zero-order valence-electron chi connectivity index (χ0n) is 16.6. The predicted molar refractivity (Wildman–Crippen MR) is 110 cm³/mol. The summed E-state index contributed by atoms with van der Waals surface area (Å²) in [6, 6.07) is 9.04. The minimum Gasteiger partial charge on any atom is -0.496 e. The van der Waals surface area contributed by atoms with E-state index in [0.29, 0.717) is 26.1 Å². The molecule has 1 atom stereocenters. The van der Waals surface area contributed by atoms with E-state index < -0.39 is 6.04 Å². The van der Waals surface area contributed by atoms with Crippen molar-refractivity contribution in [3.63, 3.8) is 0 Å². The number of fused-ring (bicyclic) bond motifs is 1. The van der Waals surface area contributed by atoms with E-state index in [9.17, 15) is 9.59 Å². The summed E-state index contributed by atoms with van der Waals surface area (Å²) in [6.07, 6.45) is 6.38. The summed E-state index contributed by atoms with van der Waals surface area (Å²) in [6.45, 7) is 1.88. The zero-order chi connectivity index (χ0) is 20.2. The van der Waals surface area contributed by atoms with Gasteiger partial charge in [0.05, 0.1) is 19.0 Å². The SMILES string of the molecule is COc1cccc2c1CCN(C(=O)NC1CCCN(c3cccnc3)C1=O)CC2. The first-order valence-electron chi connectivity index (χ1n) is 10.1. The number of rotatable bonds is 3. The Kier molecular flexibility index (Phi) is 5.64. The van der Waals surface area contributed by atoms with Gasteiger partial charge in [-0.1, -0.05) is 12.1 Å². The van der Waals surface area contributed by atoms with Crippen molar-refractivity contribution in [2.45, 2.75) is 31.7 Å². The Hall–Kier alpha value is -3.09. The Balaban J connectivity index is 1.41. The van der Waals surface area contributed by atoms with Crippen LogP contribution in [0.2, 0.25) is 0 Å². The summed E-state index contributed by atoms with van der Waals surface area (Å²) in [4.78, 5) is 33.4. The number of hydrogen-bond acceptors (Lipinski definition) is 4. The van der Waals surface area contributed by atoms with Crippen molar-refractivity contribution >= 4 is 17.6 Å². The van der Waals surface area contributed by atoms with E-state index in [-0.39, 0.29) is 11.9 Å². The van der Waals surface area contributed by atoms with Gasteiger partial charge in [-0.25, -0.2) is 4.79 Å². The van der Waals surface area contributed by atoms with E-state index in [1.807, 2.05) is 24.3 Å². The third-order valence-electron chi connectivity index (χ3n) is 5.71. The number of methoxy groups -OCH3 is 1. The van der Waals surface area contributed by atoms with Gasteiger partial charge >= 0.3 is 6.03 Å².